The van der Waals surface area contributed by atoms with Crippen LogP contribution >= 0.6 is 0 Å². The third kappa shape index (κ3) is 2.86. The normalized spacial score (nSPS) is 15.2. The molecule has 1 aromatic rings. The maximum atomic E-state index is 12.0. The number of hydrogen-bond donors (Lipinski definition) is 1. The number of carbonyl (C=O) groups excluding carboxylic acids is 1. The van der Waals surface area contributed by atoms with Crippen LogP contribution in [0, 0.1) is 6.92 Å². The number of rotatable bonds is 4. The van der Waals surface area contributed by atoms with E-state index in [0.717, 1.165) is 23.4 Å². The van der Waals surface area contributed by atoms with Gasteiger partial charge in [-0.25, -0.2) is 4.79 Å². The Bertz CT molecular complexity index is 513. The van der Waals surface area contributed by atoms with Crippen LogP contribution in [0.15, 0.2) is 18.2 Å². The van der Waals surface area contributed by atoms with E-state index in [9.17, 15) is 9.59 Å². The molecule has 0 unspecified atom stereocenters. The van der Waals surface area contributed by atoms with Gasteiger partial charge >= 0.3 is 12.0 Å². The van der Waals surface area contributed by atoms with E-state index < -0.39 is 5.97 Å². The molecule has 1 aliphatic heterocycles. The predicted molar refractivity (Wildman–Crippen MR) is 72.5 cm³/mol. The lowest BCUT2D eigenvalue weighted by atomic mass is 10.1. The maximum absolute atomic E-state index is 12.0. The molecule has 0 aliphatic carbocycles. The van der Waals surface area contributed by atoms with Crippen molar-refractivity contribution in [3.05, 3.63) is 29.3 Å². The lowest BCUT2D eigenvalue weighted by molar-refractivity contribution is -0.136. The molecule has 19 heavy (non-hydrogen) atoms. The van der Waals surface area contributed by atoms with Crippen molar-refractivity contribution in [3.63, 3.8) is 0 Å². The number of urea groups is 1. The molecule has 102 valence electrons. The molecule has 0 aromatic heterocycles. The number of anilines is 1. The van der Waals surface area contributed by atoms with E-state index in [2.05, 4.69) is 0 Å². The van der Waals surface area contributed by atoms with Crippen LogP contribution < -0.4 is 4.90 Å². The van der Waals surface area contributed by atoms with Gasteiger partial charge in [-0.15, -0.1) is 0 Å². The number of hydrogen-bond acceptors (Lipinski definition) is 2. The summed E-state index contributed by atoms with van der Waals surface area (Å²) < 4.78 is 0. The Morgan fingerprint density at radius 2 is 2.11 bits per heavy atom. The van der Waals surface area contributed by atoms with Gasteiger partial charge in [0, 0.05) is 32.2 Å². The maximum Gasteiger partial charge on any atom is 0.324 e. The number of benzene rings is 1. The molecule has 0 spiro atoms. The molecule has 1 fully saturated rings. The molecule has 1 aliphatic rings. The van der Waals surface area contributed by atoms with Gasteiger partial charge in [0.2, 0.25) is 0 Å². The van der Waals surface area contributed by atoms with Crippen LogP contribution in [0.2, 0.25) is 0 Å². The van der Waals surface area contributed by atoms with Crippen LogP contribution in [0.3, 0.4) is 0 Å². The number of likely N-dealkylation sites (N-methyl/N-ethyl adjacent to an activating group) is 1. The first-order valence-corrected chi connectivity index (χ1v) is 6.33. The highest BCUT2D eigenvalue weighted by Crippen LogP contribution is 2.25. The van der Waals surface area contributed by atoms with Crippen LogP contribution in [0.25, 0.3) is 0 Å². The zero-order chi connectivity index (χ0) is 14.0. The molecule has 1 N–H and O–H groups in total. The molecule has 1 aromatic carbocycles. The minimum absolute atomic E-state index is 0.00140. The van der Waals surface area contributed by atoms with E-state index in [1.165, 1.54) is 0 Å². The van der Waals surface area contributed by atoms with Gasteiger partial charge in [-0.1, -0.05) is 12.1 Å². The van der Waals surface area contributed by atoms with E-state index in [-0.39, 0.29) is 12.5 Å². The van der Waals surface area contributed by atoms with Gasteiger partial charge in [0.1, 0.15) is 0 Å². The Labute approximate surface area is 112 Å². The van der Waals surface area contributed by atoms with E-state index in [1.54, 1.807) is 16.8 Å². The second kappa shape index (κ2) is 5.30. The molecule has 0 saturated carbocycles. The SMILES string of the molecule is Cc1ccc(CCC(=O)O)cc1N1CCN(C)C1=O. The first-order chi connectivity index (χ1) is 8.99. The van der Waals surface area contributed by atoms with Gasteiger partial charge in [-0.2, -0.15) is 0 Å². The molecule has 5 heteroatoms. The largest absolute Gasteiger partial charge is 0.481 e. The van der Waals surface area contributed by atoms with Crippen LogP contribution in [-0.2, 0) is 11.2 Å². The summed E-state index contributed by atoms with van der Waals surface area (Å²) >= 11 is 0. The van der Waals surface area contributed by atoms with Gasteiger partial charge in [0.05, 0.1) is 0 Å². The summed E-state index contributed by atoms with van der Waals surface area (Å²) in [5.74, 6) is -0.806. The fraction of sp³-hybridized carbons (Fsp3) is 0.429. The van der Waals surface area contributed by atoms with Crippen molar-refractivity contribution in [3.8, 4) is 0 Å². The Morgan fingerprint density at radius 1 is 1.37 bits per heavy atom. The Balaban J connectivity index is 2.22. The van der Waals surface area contributed by atoms with Gasteiger partial charge in [-0.05, 0) is 30.5 Å². The second-order valence-electron chi connectivity index (χ2n) is 4.87. The van der Waals surface area contributed by atoms with Crippen LogP contribution in [0.4, 0.5) is 10.5 Å². The van der Waals surface area contributed by atoms with E-state index in [4.69, 9.17) is 5.11 Å². The Morgan fingerprint density at radius 3 is 2.68 bits per heavy atom. The van der Waals surface area contributed by atoms with Crippen molar-refractivity contribution in [1.82, 2.24) is 4.90 Å². The molecule has 2 amide bonds. The minimum atomic E-state index is -0.806. The average molecular weight is 262 g/mol. The van der Waals surface area contributed by atoms with Crippen molar-refractivity contribution in [2.45, 2.75) is 19.8 Å². The van der Waals surface area contributed by atoms with Gasteiger partial charge in [-0.3, -0.25) is 9.69 Å². The van der Waals surface area contributed by atoms with E-state index in [1.807, 2.05) is 25.1 Å². The Hall–Kier alpha value is -2.04. The highest BCUT2D eigenvalue weighted by Gasteiger charge is 2.27. The van der Waals surface area contributed by atoms with Gasteiger partial charge in [0.15, 0.2) is 0 Å². The molecule has 0 bridgehead atoms. The standard InChI is InChI=1S/C14H18N2O3/c1-10-3-4-11(5-6-13(17)18)9-12(10)16-8-7-15(2)14(16)19/h3-4,9H,5-8H2,1-2H3,(H,17,18). The number of amides is 2. The molecule has 1 saturated heterocycles. The second-order valence-corrected chi connectivity index (χ2v) is 4.87. The molecule has 0 radical (unpaired) electrons. The lowest BCUT2D eigenvalue weighted by Crippen LogP contribution is -2.29. The lowest BCUT2D eigenvalue weighted by Gasteiger charge is -2.19. The number of aliphatic carboxylic acids is 1. The van der Waals surface area contributed by atoms with Crippen LogP contribution in [0.1, 0.15) is 17.5 Å². The summed E-state index contributed by atoms with van der Waals surface area (Å²) in [6, 6.07) is 5.79. The molecule has 5 nitrogen and oxygen atoms in total. The zero-order valence-corrected chi connectivity index (χ0v) is 11.2. The quantitative estimate of drug-likeness (QED) is 0.901. The topological polar surface area (TPSA) is 60.9 Å². The molecular formula is C14H18N2O3. The predicted octanol–water partition coefficient (Wildman–Crippen LogP) is 1.88. The number of aryl methyl sites for hydroxylation is 2. The smallest absolute Gasteiger partial charge is 0.324 e. The summed E-state index contributed by atoms with van der Waals surface area (Å²) in [4.78, 5) is 26.0. The number of carboxylic acid groups (broad SMARTS) is 1. The van der Waals surface area contributed by atoms with Crippen molar-refractivity contribution < 1.29 is 14.7 Å². The molecule has 1 heterocycles. The van der Waals surface area contributed by atoms with E-state index in [0.29, 0.717) is 13.0 Å². The fourth-order valence-electron chi connectivity index (χ4n) is 2.22. The van der Waals surface area contributed by atoms with Crippen molar-refractivity contribution in [1.29, 1.82) is 0 Å². The average Bonchev–Trinajstić information content (AvgIpc) is 2.69. The highest BCUT2D eigenvalue weighted by molar-refractivity contribution is 5.94. The summed E-state index contributed by atoms with van der Waals surface area (Å²) in [5.41, 5.74) is 2.87. The van der Waals surface area contributed by atoms with Crippen LogP contribution in [-0.4, -0.2) is 42.1 Å². The molecule has 0 atom stereocenters. The van der Waals surface area contributed by atoms with Gasteiger partial charge in [0.25, 0.3) is 0 Å². The summed E-state index contributed by atoms with van der Waals surface area (Å²) in [6.45, 7) is 3.36. The third-order valence-electron chi connectivity index (χ3n) is 3.41. The van der Waals surface area contributed by atoms with Crippen molar-refractivity contribution in [2.75, 3.05) is 25.0 Å². The van der Waals surface area contributed by atoms with Crippen molar-refractivity contribution >= 4 is 17.7 Å². The van der Waals surface area contributed by atoms with E-state index >= 15 is 0 Å². The van der Waals surface area contributed by atoms with Crippen molar-refractivity contribution in [2.24, 2.45) is 0 Å². The third-order valence-corrected chi connectivity index (χ3v) is 3.41. The summed E-state index contributed by atoms with van der Waals surface area (Å²) in [5, 5.41) is 8.72. The first-order valence-electron chi connectivity index (χ1n) is 6.33. The monoisotopic (exact) mass is 262 g/mol. The van der Waals surface area contributed by atoms with Gasteiger partial charge < -0.3 is 10.0 Å². The highest BCUT2D eigenvalue weighted by atomic mass is 16.4. The molecular weight excluding hydrogens is 244 g/mol. The molecule has 2 rings (SSSR count). The zero-order valence-electron chi connectivity index (χ0n) is 11.2. The van der Waals surface area contributed by atoms with Crippen LogP contribution in [0.5, 0.6) is 0 Å². The Kier molecular flexibility index (Phi) is 3.74. The summed E-state index contributed by atoms with van der Waals surface area (Å²) in [6.07, 6.45) is 0.594. The first kappa shape index (κ1) is 13.4. The number of carboxylic acids is 1. The number of carbonyl (C=O) groups is 2. The number of nitrogens with zero attached hydrogens (tertiary/aromatic N) is 2. The fourth-order valence-corrected chi connectivity index (χ4v) is 2.22. The summed E-state index contributed by atoms with van der Waals surface area (Å²) in [7, 11) is 1.78. The minimum Gasteiger partial charge on any atom is -0.481 e.